The molecular weight excluding hydrogens is 236 g/mol. The molecule has 1 aromatic heterocycles. The van der Waals surface area contributed by atoms with Crippen molar-refractivity contribution in [2.24, 2.45) is 0 Å². The fourth-order valence-electron chi connectivity index (χ4n) is 2.91. The quantitative estimate of drug-likeness (QED) is 0.767. The molecule has 1 saturated heterocycles. The molecule has 1 aliphatic rings. The van der Waals surface area contributed by atoms with Gasteiger partial charge in [-0.25, -0.2) is 4.98 Å². The highest BCUT2D eigenvalue weighted by atomic mass is 15.2. The first kappa shape index (κ1) is 14.5. The Kier molecular flexibility index (Phi) is 5.86. The number of rotatable bonds is 7. The van der Waals surface area contributed by atoms with Gasteiger partial charge in [-0.3, -0.25) is 4.90 Å². The molecule has 1 N–H and O–H groups in total. The second-order valence-electron chi connectivity index (χ2n) is 5.45. The summed E-state index contributed by atoms with van der Waals surface area (Å²) in [5.41, 5.74) is 0. The number of aromatic nitrogens is 2. The Labute approximate surface area is 117 Å². The summed E-state index contributed by atoms with van der Waals surface area (Å²) in [6.07, 6.45) is 9.25. The SMILES string of the molecule is CCCNCC1CCCCN1Cc1nccn1CC. The second-order valence-corrected chi connectivity index (χ2v) is 5.45. The summed E-state index contributed by atoms with van der Waals surface area (Å²) in [7, 11) is 0. The molecule has 1 aliphatic heterocycles. The molecule has 1 atom stereocenters. The van der Waals surface area contributed by atoms with Crippen molar-refractivity contribution in [2.75, 3.05) is 19.6 Å². The molecule has 2 heterocycles. The second kappa shape index (κ2) is 7.65. The fourth-order valence-corrected chi connectivity index (χ4v) is 2.91. The van der Waals surface area contributed by atoms with Crippen molar-refractivity contribution in [1.29, 1.82) is 0 Å². The van der Waals surface area contributed by atoms with E-state index >= 15 is 0 Å². The Morgan fingerprint density at radius 2 is 2.26 bits per heavy atom. The topological polar surface area (TPSA) is 33.1 Å². The molecule has 4 nitrogen and oxygen atoms in total. The standard InChI is InChI=1S/C15H28N4/c1-3-8-16-12-14-7-5-6-10-19(14)13-15-17-9-11-18(15)4-2/h9,11,14,16H,3-8,10,12-13H2,1-2H3. The zero-order valence-corrected chi connectivity index (χ0v) is 12.4. The summed E-state index contributed by atoms with van der Waals surface area (Å²) in [4.78, 5) is 7.12. The number of likely N-dealkylation sites (tertiary alicyclic amines) is 1. The van der Waals surface area contributed by atoms with E-state index in [0.717, 1.165) is 26.2 Å². The number of hydrogen-bond donors (Lipinski definition) is 1. The molecule has 1 unspecified atom stereocenters. The van der Waals surface area contributed by atoms with Crippen LogP contribution in [-0.4, -0.2) is 40.1 Å². The van der Waals surface area contributed by atoms with Gasteiger partial charge in [0.1, 0.15) is 5.82 Å². The number of imidazole rings is 1. The number of piperidine rings is 1. The molecule has 0 aliphatic carbocycles. The molecule has 0 bridgehead atoms. The zero-order valence-electron chi connectivity index (χ0n) is 12.4. The largest absolute Gasteiger partial charge is 0.334 e. The maximum Gasteiger partial charge on any atom is 0.122 e. The molecule has 0 aromatic carbocycles. The van der Waals surface area contributed by atoms with Crippen molar-refractivity contribution in [3.63, 3.8) is 0 Å². The number of hydrogen-bond acceptors (Lipinski definition) is 3. The van der Waals surface area contributed by atoms with Gasteiger partial charge in [-0.2, -0.15) is 0 Å². The van der Waals surface area contributed by atoms with Crippen molar-refractivity contribution < 1.29 is 0 Å². The molecule has 0 amide bonds. The van der Waals surface area contributed by atoms with E-state index < -0.39 is 0 Å². The average molecular weight is 264 g/mol. The Morgan fingerprint density at radius 1 is 1.37 bits per heavy atom. The highest BCUT2D eigenvalue weighted by Crippen LogP contribution is 2.18. The van der Waals surface area contributed by atoms with Gasteiger partial charge in [0.15, 0.2) is 0 Å². The van der Waals surface area contributed by atoms with Crippen LogP contribution >= 0.6 is 0 Å². The van der Waals surface area contributed by atoms with E-state index in [1.165, 1.54) is 38.1 Å². The van der Waals surface area contributed by atoms with E-state index in [-0.39, 0.29) is 0 Å². The van der Waals surface area contributed by atoms with Crippen LogP contribution in [0.4, 0.5) is 0 Å². The Hall–Kier alpha value is -0.870. The monoisotopic (exact) mass is 264 g/mol. The summed E-state index contributed by atoms with van der Waals surface area (Å²) in [5, 5.41) is 3.57. The van der Waals surface area contributed by atoms with Crippen LogP contribution in [0.15, 0.2) is 12.4 Å². The first-order valence-corrected chi connectivity index (χ1v) is 7.80. The number of aryl methyl sites for hydroxylation is 1. The highest BCUT2D eigenvalue weighted by molar-refractivity contribution is 4.94. The molecule has 108 valence electrons. The Morgan fingerprint density at radius 3 is 3.05 bits per heavy atom. The molecule has 0 radical (unpaired) electrons. The third kappa shape index (κ3) is 4.05. The lowest BCUT2D eigenvalue weighted by molar-refractivity contribution is 0.132. The Bertz CT molecular complexity index is 361. The Balaban J connectivity index is 1.91. The van der Waals surface area contributed by atoms with E-state index in [2.05, 4.69) is 39.8 Å². The third-order valence-corrected chi connectivity index (χ3v) is 4.04. The highest BCUT2D eigenvalue weighted by Gasteiger charge is 2.23. The van der Waals surface area contributed by atoms with E-state index in [1.54, 1.807) is 0 Å². The van der Waals surface area contributed by atoms with Gasteiger partial charge >= 0.3 is 0 Å². The molecule has 0 spiro atoms. The van der Waals surface area contributed by atoms with Crippen LogP contribution < -0.4 is 5.32 Å². The van der Waals surface area contributed by atoms with Gasteiger partial charge < -0.3 is 9.88 Å². The van der Waals surface area contributed by atoms with Crippen molar-refractivity contribution in [2.45, 2.75) is 58.7 Å². The normalized spacial score (nSPS) is 20.8. The van der Waals surface area contributed by atoms with Crippen LogP contribution in [0.2, 0.25) is 0 Å². The number of nitrogens with one attached hydrogen (secondary N) is 1. The van der Waals surface area contributed by atoms with Crippen molar-refractivity contribution >= 4 is 0 Å². The molecule has 0 saturated carbocycles. The van der Waals surface area contributed by atoms with Gasteiger partial charge in [-0.1, -0.05) is 13.3 Å². The van der Waals surface area contributed by atoms with Crippen molar-refractivity contribution in [1.82, 2.24) is 19.8 Å². The van der Waals surface area contributed by atoms with Gasteiger partial charge in [0.05, 0.1) is 6.54 Å². The van der Waals surface area contributed by atoms with Gasteiger partial charge in [-0.05, 0) is 39.3 Å². The molecule has 4 heteroatoms. The third-order valence-electron chi connectivity index (χ3n) is 4.04. The lowest BCUT2D eigenvalue weighted by Crippen LogP contribution is -2.45. The molecule has 1 fully saturated rings. The molecule has 2 rings (SSSR count). The van der Waals surface area contributed by atoms with E-state index in [9.17, 15) is 0 Å². The molecule has 19 heavy (non-hydrogen) atoms. The predicted octanol–water partition coefficient (Wildman–Crippen LogP) is 2.26. The predicted molar refractivity (Wildman–Crippen MR) is 79.1 cm³/mol. The van der Waals surface area contributed by atoms with E-state index in [0.29, 0.717) is 6.04 Å². The van der Waals surface area contributed by atoms with Crippen LogP contribution in [-0.2, 0) is 13.1 Å². The van der Waals surface area contributed by atoms with Gasteiger partial charge in [-0.15, -0.1) is 0 Å². The minimum Gasteiger partial charge on any atom is -0.334 e. The maximum atomic E-state index is 4.51. The van der Waals surface area contributed by atoms with Crippen molar-refractivity contribution in [3.8, 4) is 0 Å². The summed E-state index contributed by atoms with van der Waals surface area (Å²) in [6, 6.07) is 0.683. The zero-order chi connectivity index (χ0) is 13.5. The first-order chi connectivity index (χ1) is 9.35. The summed E-state index contributed by atoms with van der Waals surface area (Å²) >= 11 is 0. The maximum absolute atomic E-state index is 4.51. The summed E-state index contributed by atoms with van der Waals surface area (Å²) in [5.74, 6) is 1.21. The van der Waals surface area contributed by atoms with Gasteiger partial charge in [0, 0.05) is 31.5 Å². The van der Waals surface area contributed by atoms with Crippen LogP contribution in [0.1, 0.15) is 45.4 Å². The van der Waals surface area contributed by atoms with Crippen molar-refractivity contribution in [3.05, 3.63) is 18.2 Å². The molecular formula is C15H28N4. The lowest BCUT2D eigenvalue weighted by atomic mass is 10.0. The van der Waals surface area contributed by atoms with Crippen LogP contribution in [0.3, 0.4) is 0 Å². The minimum absolute atomic E-state index is 0.683. The average Bonchev–Trinajstić information content (AvgIpc) is 2.88. The van der Waals surface area contributed by atoms with Crippen LogP contribution in [0, 0.1) is 0 Å². The smallest absolute Gasteiger partial charge is 0.122 e. The summed E-state index contributed by atoms with van der Waals surface area (Å²) in [6.45, 7) is 9.90. The van der Waals surface area contributed by atoms with Crippen LogP contribution in [0.5, 0.6) is 0 Å². The lowest BCUT2D eigenvalue weighted by Gasteiger charge is -2.35. The number of nitrogens with zero attached hydrogens (tertiary/aromatic N) is 3. The fraction of sp³-hybridized carbons (Fsp3) is 0.800. The van der Waals surface area contributed by atoms with Gasteiger partial charge in [0.25, 0.3) is 0 Å². The molecule has 1 aromatic rings. The first-order valence-electron chi connectivity index (χ1n) is 7.80. The van der Waals surface area contributed by atoms with E-state index in [4.69, 9.17) is 0 Å². The van der Waals surface area contributed by atoms with Gasteiger partial charge in [0.2, 0.25) is 0 Å². The minimum atomic E-state index is 0.683. The summed E-state index contributed by atoms with van der Waals surface area (Å²) < 4.78 is 2.26. The van der Waals surface area contributed by atoms with Crippen LogP contribution in [0.25, 0.3) is 0 Å². The van der Waals surface area contributed by atoms with E-state index in [1.807, 2.05) is 6.20 Å².